The number of amides is 3. The van der Waals surface area contributed by atoms with Gasteiger partial charge in [0.05, 0.1) is 12.1 Å². The van der Waals surface area contributed by atoms with Crippen LogP contribution in [-0.2, 0) is 0 Å². The molecular weight excluding hydrogens is 244 g/mol. The van der Waals surface area contributed by atoms with E-state index in [-0.39, 0.29) is 19.0 Å². The Hall–Kier alpha value is -2.52. The van der Waals surface area contributed by atoms with Crippen LogP contribution in [0.4, 0.5) is 4.79 Å². The zero-order valence-electron chi connectivity index (χ0n) is 10.4. The van der Waals surface area contributed by atoms with E-state index >= 15 is 0 Å². The predicted molar refractivity (Wildman–Crippen MR) is 72.3 cm³/mol. The fourth-order valence-corrected chi connectivity index (χ4v) is 1.39. The fraction of sp³-hybridized carbons (Fsp3) is 0.231. The molecule has 0 aromatic heterocycles. The quantitative estimate of drug-likeness (QED) is 0.428. The highest BCUT2D eigenvalue weighted by molar-refractivity contribution is 5.96. The maximum absolute atomic E-state index is 11.9. The summed E-state index contributed by atoms with van der Waals surface area (Å²) in [6, 6.07) is 6.36. The molecule has 100 valence electrons. The lowest BCUT2D eigenvalue weighted by molar-refractivity contribution is 0.0953. The zero-order valence-corrected chi connectivity index (χ0v) is 10.4. The molecule has 0 atom stereocenters. The normalized spacial score (nSPS) is 9.11. The minimum Gasteiger partial charge on any atom is -0.352 e. The molecule has 1 rings (SSSR count). The molecule has 0 aliphatic carbocycles. The molecule has 0 aliphatic rings. The Morgan fingerprint density at radius 2 is 1.84 bits per heavy atom. The van der Waals surface area contributed by atoms with Gasteiger partial charge in [-0.05, 0) is 12.1 Å². The third-order valence-electron chi connectivity index (χ3n) is 2.21. The number of carbonyl (C=O) groups is 2. The van der Waals surface area contributed by atoms with Crippen LogP contribution >= 0.6 is 0 Å². The van der Waals surface area contributed by atoms with Crippen LogP contribution in [0.15, 0.2) is 24.3 Å². The largest absolute Gasteiger partial charge is 0.352 e. The summed E-state index contributed by atoms with van der Waals surface area (Å²) >= 11 is 0. The summed E-state index contributed by atoms with van der Waals surface area (Å²) in [7, 11) is 0. The van der Waals surface area contributed by atoms with Crippen LogP contribution in [0.25, 0.3) is 0 Å². The maximum atomic E-state index is 11.9. The van der Waals surface area contributed by atoms with Gasteiger partial charge < -0.3 is 22.1 Å². The third kappa shape index (κ3) is 5.10. The summed E-state index contributed by atoms with van der Waals surface area (Å²) in [4.78, 5) is 22.4. The van der Waals surface area contributed by atoms with Gasteiger partial charge in [0, 0.05) is 18.7 Å². The van der Waals surface area contributed by atoms with E-state index in [4.69, 9.17) is 11.5 Å². The second-order valence-electron chi connectivity index (χ2n) is 3.60. The minimum absolute atomic E-state index is 0.235. The van der Waals surface area contributed by atoms with Gasteiger partial charge in [0.1, 0.15) is 0 Å². The molecule has 0 saturated heterocycles. The first-order chi connectivity index (χ1) is 9.15. The van der Waals surface area contributed by atoms with Crippen LogP contribution in [0.2, 0.25) is 0 Å². The van der Waals surface area contributed by atoms with E-state index < -0.39 is 6.03 Å². The lowest BCUT2D eigenvalue weighted by atomic mass is 10.1. The van der Waals surface area contributed by atoms with Gasteiger partial charge in [-0.1, -0.05) is 24.0 Å². The van der Waals surface area contributed by atoms with E-state index in [1.54, 1.807) is 24.3 Å². The first-order valence-corrected chi connectivity index (χ1v) is 5.74. The smallest absolute Gasteiger partial charge is 0.312 e. The van der Waals surface area contributed by atoms with Gasteiger partial charge >= 0.3 is 6.03 Å². The predicted octanol–water partition coefficient (Wildman–Crippen LogP) is -0.605. The molecule has 0 bridgehead atoms. The number of urea groups is 1. The minimum atomic E-state index is -0.622. The van der Waals surface area contributed by atoms with E-state index in [1.165, 1.54) is 0 Å². The Kier molecular flexibility index (Phi) is 5.92. The summed E-state index contributed by atoms with van der Waals surface area (Å²) in [5.74, 6) is 5.29. The van der Waals surface area contributed by atoms with Crippen molar-refractivity contribution in [2.75, 3.05) is 19.6 Å². The van der Waals surface area contributed by atoms with Crippen LogP contribution < -0.4 is 22.1 Å². The third-order valence-corrected chi connectivity index (χ3v) is 2.21. The Bertz CT molecular complexity index is 517. The van der Waals surface area contributed by atoms with Crippen molar-refractivity contribution in [1.29, 1.82) is 0 Å². The topological polar surface area (TPSA) is 110 Å². The number of nitrogens with two attached hydrogens (primary N) is 2. The second kappa shape index (κ2) is 7.74. The van der Waals surface area contributed by atoms with Crippen molar-refractivity contribution in [3.8, 4) is 11.8 Å². The highest BCUT2D eigenvalue weighted by Crippen LogP contribution is 2.06. The molecule has 0 aliphatic heterocycles. The maximum Gasteiger partial charge on any atom is 0.312 e. The van der Waals surface area contributed by atoms with Gasteiger partial charge in [-0.15, -0.1) is 0 Å². The molecule has 0 radical (unpaired) electrons. The highest BCUT2D eigenvalue weighted by atomic mass is 16.2. The molecule has 6 nitrogen and oxygen atoms in total. The van der Waals surface area contributed by atoms with E-state index in [9.17, 15) is 9.59 Å². The Balaban J connectivity index is 2.63. The Morgan fingerprint density at radius 1 is 1.16 bits per heavy atom. The number of carbonyl (C=O) groups excluding carboxylic acids is 2. The van der Waals surface area contributed by atoms with Gasteiger partial charge in [0.25, 0.3) is 5.91 Å². The summed E-state index contributed by atoms with van der Waals surface area (Å²) in [6.45, 7) is 0.802. The molecular formula is C13H16N4O2. The number of benzene rings is 1. The standard InChI is InChI=1S/C13H16N4O2/c14-7-3-5-10-4-1-2-6-11(10)12(18)16-8-9-17-13(15)19/h1-2,4,6H,7-9,14H2,(H,16,18)(H3,15,17,19). The number of rotatable bonds is 4. The molecule has 0 spiro atoms. The van der Waals surface area contributed by atoms with Crippen molar-refractivity contribution in [1.82, 2.24) is 10.6 Å². The lowest BCUT2D eigenvalue weighted by Gasteiger charge is -2.07. The monoisotopic (exact) mass is 260 g/mol. The second-order valence-corrected chi connectivity index (χ2v) is 3.60. The van der Waals surface area contributed by atoms with Gasteiger partial charge in [-0.25, -0.2) is 4.79 Å². The molecule has 1 aromatic rings. The molecule has 19 heavy (non-hydrogen) atoms. The Labute approximate surface area is 111 Å². The van der Waals surface area contributed by atoms with E-state index in [1.807, 2.05) is 0 Å². The molecule has 1 aromatic carbocycles. The average Bonchev–Trinajstić information content (AvgIpc) is 2.41. The SMILES string of the molecule is NCC#Cc1ccccc1C(=O)NCCNC(N)=O. The molecule has 0 fully saturated rings. The summed E-state index contributed by atoms with van der Waals surface area (Å²) in [6.07, 6.45) is 0. The van der Waals surface area contributed by atoms with E-state index in [0.29, 0.717) is 17.7 Å². The van der Waals surface area contributed by atoms with E-state index in [0.717, 1.165) is 0 Å². The lowest BCUT2D eigenvalue weighted by Crippen LogP contribution is -2.37. The molecule has 0 unspecified atom stereocenters. The van der Waals surface area contributed by atoms with Crippen molar-refractivity contribution in [3.63, 3.8) is 0 Å². The number of primary amides is 1. The zero-order chi connectivity index (χ0) is 14.1. The van der Waals surface area contributed by atoms with Crippen LogP contribution in [0.5, 0.6) is 0 Å². The van der Waals surface area contributed by atoms with Crippen LogP contribution in [0, 0.1) is 11.8 Å². The van der Waals surface area contributed by atoms with Gasteiger partial charge in [-0.2, -0.15) is 0 Å². The molecule has 6 heteroatoms. The number of nitrogens with one attached hydrogen (secondary N) is 2. The van der Waals surface area contributed by atoms with Gasteiger partial charge in [0.15, 0.2) is 0 Å². The van der Waals surface area contributed by atoms with Crippen molar-refractivity contribution < 1.29 is 9.59 Å². The molecule has 0 heterocycles. The first kappa shape index (κ1) is 14.5. The van der Waals surface area contributed by atoms with Crippen molar-refractivity contribution in [2.24, 2.45) is 11.5 Å². The first-order valence-electron chi connectivity index (χ1n) is 5.74. The molecule has 6 N–H and O–H groups in total. The van der Waals surface area contributed by atoms with Crippen molar-refractivity contribution in [3.05, 3.63) is 35.4 Å². The fourth-order valence-electron chi connectivity index (χ4n) is 1.39. The summed E-state index contributed by atoms with van der Waals surface area (Å²) in [5, 5.41) is 5.04. The van der Waals surface area contributed by atoms with Crippen LogP contribution in [-0.4, -0.2) is 31.6 Å². The highest BCUT2D eigenvalue weighted by Gasteiger charge is 2.08. The van der Waals surface area contributed by atoms with Gasteiger partial charge in [-0.3, -0.25) is 4.79 Å². The average molecular weight is 260 g/mol. The van der Waals surface area contributed by atoms with Gasteiger partial charge in [0.2, 0.25) is 0 Å². The van der Waals surface area contributed by atoms with Crippen molar-refractivity contribution in [2.45, 2.75) is 0 Å². The number of hydrogen-bond donors (Lipinski definition) is 4. The van der Waals surface area contributed by atoms with Crippen LogP contribution in [0.3, 0.4) is 0 Å². The van der Waals surface area contributed by atoms with E-state index in [2.05, 4.69) is 22.5 Å². The summed E-state index contributed by atoms with van der Waals surface area (Å²) in [5.41, 5.74) is 11.3. The Morgan fingerprint density at radius 3 is 2.53 bits per heavy atom. The van der Waals surface area contributed by atoms with Crippen LogP contribution in [0.1, 0.15) is 15.9 Å². The number of hydrogen-bond acceptors (Lipinski definition) is 3. The van der Waals surface area contributed by atoms with Crippen molar-refractivity contribution >= 4 is 11.9 Å². The molecule has 0 saturated carbocycles. The molecule has 3 amide bonds. The summed E-state index contributed by atoms with van der Waals surface area (Å²) < 4.78 is 0.